The molecule has 152 valence electrons. The fourth-order valence-corrected chi connectivity index (χ4v) is 3.30. The maximum absolute atomic E-state index is 13.9. The second-order valence-electron chi connectivity index (χ2n) is 7.39. The first-order valence-electron chi connectivity index (χ1n) is 8.95. The van der Waals surface area contributed by atoms with Crippen molar-refractivity contribution in [2.75, 3.05) is 11.9 Å². The van der Waals surface area contributed by atoms with Gasteiger partial charge in [0.15, 0.2) is 0 Å². The topological polar surface area (TPSA) is 82.2 Å². The Morgan fingerprint density at radius 3 is 2.66 bits per heavy atom. The molecule has 0 radical (unpaired) electrons. The predicted molar refractivity (Wildman–Crippen MR) is 114 cm³/mol. The SMILES string of the molecule is Cn1ncc(Br)c1-c1cc(NC(=O)c2ccccc2F)ccc1OCC(C)(C)N. The van der Waals surface area contributed by atoms with Gasteiger partial charge < -0.3 is 15.8 Å². The predicted octanol–water partition coefficient (Wildman–Crippen LogP) is 4.36. The smallest absolute Gasteiger partial charge is 0.258 e. The lowest BCUT2D eigenvalue weighted by Gasteiger charge is -2.21. The monoisotopic (exact) mass is 460 g/mol. The van der Waals surface area contributed by atoms with Gasteiger partial charge >= 0.3 is 0 Å². The minimum atomic E-state index is -0.579. The van der Waals surface area contributed by atoms with Gasteiger partial charge in [-0.3, -0.25) is 9.48 Å². The molecule has 0 aliphatic heterocycles. The summed E-state index contributed by atoms with van der Waals surface area (Å²) in [6, 6.07) is 11.0. The Labute approximate surface area is 177 Å². The summed E-state index contributed by atoms with van der Waals surface area (Å²) >= 11 is 3.50. The van der Waals surface area contributed by atoms with Crippen molar-refractivity contribution in [3.63, 3.8) is 0 Å². The van der Waals surface area contributed by atoms with E-state index in [9.17, 15) is 9.18 Å². The molecule has 1 aromatic heterocycles. The van der Waals surface area contributed by atoms with Crippen molar-refractivity contribution in [2.24, 2.45) is 12.8 Å². The third-order valence-corrected chi connectivity index (χ3v) is 4.69. The molecule has 2 aromatic carbocycles. The normalized spacial score (nSPS) is 11.4. The van der Waals surface area contributed by atoms with Crippen molar-refractivity contribution in [3.8, 4) is 17.0 Å². The molecule has 3 aromatic rings. The minimum Gasteiger partial charge on any atom is -0.491 e. The lowest BCUT2D eigenvalue weighted by molar-refractivity contribution is 0.102. The van der Waals surface area contributed by atoms with Gasteiger partial charge in [0.05, 0.1) is 21.9 Å². The molecule has 0 aliphatic carbocycles. The molecule has 8 heteroatoms. The molecule has 3 rings (SSSR count). The number of carbonyl (C=O) groups is 1. The van der Waals surface area contributed by atoms with Gasteiger partial charge in [-0.2, -0.15) is 5.10 Å². The zero-order valence-electron chi connectivity index (χ0n) is 16.4. The number of benzene rings is 2. The average Bonchev–Trinajstić information content (AvgIpc) is 2.98. The molecule has 1 heterocycles. The minimum absolute atomic E-state index is 0.0269. The number of nitrogens with two attached hydrogens (primary N) is 1. The summed E-state index contributed by atoms with van der Waals surface area (Å²) in [5.74, 6) is -0.517. The number of halogens is 2. The van der Waals surface area contributed by atoms with Crippen molar-refractivity contribution in [2.45, 2.75) is 19.4 Å². The van der Waals surface area contributed by atoms with E-state index in [0.717, 1.165) is 10.2 Å². The average molecular weight is 461 g/mol. The molecule has 0 fully saturated rings. The van der Waals surface area contributed by atoms with Crippen molar-refractivity contribution >= 4 is 27.5 Å². The quantitative estimate of drug-likeness (QED) is 0.572. The van der Waals surface area contributed by atoms with Crippen LogP contribution in [0.5, 0.6) is 5.75 Å². The second kappa shape index (κ2) is 8.34. The number of aryl methyl sites for hydroxylation is 1. The zero-order chi connectivity index (χ0) is 21.2. The fraction of sp³-hybridized carbons (Fsp3) is 0.238. The molecule has 0 unspecified atom stereocenters. The Bertz CT molecular complexity index is 1020. The van der Waals surface area contributed by atoms with E-state index in [0.29, 0.717) is 23.6 Å². The van der Waals surface area contributed by atoms with Crippen molar-refractivity contribution in [1.29, 1.82) is 0 Å². The second-order valence-corrected chi connectivity index (χ2v) is 8.24. The van der Waals surface area contributed by atoms with Gasteiger partial charge in [0.2, 0.25) is 0 Å². The third kappa shape index (κ3) is 5.02. The van der Waals surface area contributed by atoms with E-state index in [1.165, 1.54) is 18.2 Å². The number of carbonyl (C=O) groups excluding carboxylic acids is 1. The molecule has 0 spiro atoms. The summed E-state index contributed by atoms with van der Waals surface area (Å²) in [5.41, 5.74) is 7.49. The molecule has 29 heavy (non-hydrogen) atoms. The largest absolute Gasteiger partial charge is 0.491 e. The first-order chi connectivity index (χ1) is 13.7. The Kier molecular flexibility index (Phi) is 6.04. The van der Waals surface area contributed by atoms with Gasteiger partial charge in [0.25, 0.3) is 5.91 Å². The van der Waals surface area contributed by atoms with Gasteiger partial charge in [-0.1, -0.05) is 12.1 Å². The van der Waals surface area contributed by atoms with Gasteiger partial charge in [-0.25, -0.2) is 4.39 Å². The van der Waals surface area contributed by atoms with Crippen LogP contribution in [-0.2, 0) is 7.05 Å². The maximum Gasteiger partial charge on any atom is 0.258 e. The van der Waals surface area contributed by atoms with E-state index in [2.05, 4.69) is 26.3 Å². The van der Waals surface area contributed by atoms with Crippen molar-refractivity contribution in [1.82, 2.24) is 9.78 Å². The van der Waals surface area contributed by atoms with Crippen LogP contribution in [0.25, 0.3) is 11.3 Å². The van der Waals surface area contributed by atoms with Crippen molar-refractivity contribution in [3.05, 3.63) is 64.5 Å². The van der Waals surface area contributed by atoms with Crippen molar-refractivity contribution < 1.29 is 13.9 Å². The Morgan fingerprint density at radius 2 is 2.03 bits per heavy atom. The number of aromatic nitrogens is 2. The number of amides is 1. The van der Waals surface area contributed by atoms with Gasteiger partial charge in [-0.05, 0) is 60.1 Å². The molecule has 0 saturated carbocycles. The molecule has 3 N–H and O–H groups in total. The van der Waals surface area contributed by atoms with Crippen LogP contribution >= 0.6 is 15.9 Å². The summed E-state index contributed by atoms with van der Waals surface area (Å²) in [6.45, 7) is 4.04. The standard InChI is InChI=1S/C21H22BrFN4O2/c1-21(2,24)12-29-18-9-8-13(10-15(18)19-16(22)11-25-27(19)3)26-20(28)14-6-4-5-7-17(14)23/h4-11H,12,24H2,1-3H3,(H,26,28). The van der Waals surface area contributed by atoms with Crippen LogP contribution in [0.4, 0.5) is 10.1 Å². The Hall–Kier alpha value is -2.71. The zero-order valence-corrected chi connectivity index (χ0v) is 18.0. The van der Waals surface area contributed by atoms with E-state index < -0.39 is 17.3 Å². The van der Waals surface area contributed by atoms with Crippen LogP contribution in [0, 0.1) is 5.82 Å². The highest BCUT2D eigenvalue weighted by atomic mass is 79.9. The molecular formula is C21H22BrFN4O2. The number of rotatable bonds is 6. The maximum atomic E-state index is 13.9. The first-order valence-corrected chi connectivity index (χ1v) is 9.74. The molecular weight excluding hydrogens is 439 g/mol. The van der Waals surface area contributed by atoms with Crippen LogP contribution in [0.3, 0.4) is 0 Å². The highest BCUT2D eigenvalue weighted by Crippen LogP contribution is 2.37. The Balaban J connectivity index is 1.97. The molecule has 1 amide bonds. The number of nitrogens with zero attached hydrogens (tertiary/aromatic N) is 2. The van der Waals surface area contributed by atoms with E-state index in [1.807, 2.05) is 13.8 Å². The number of anilines is 1. The van der Waals surface area contributed by atoms with Gasteiger partial charge in [0, 0.05) is 23.8 Å². The van der Waals surface area contributed by atoms with Crippen LogP contribution in [0.2, 0.25) is 0 Å². The molecule has 0 atom stereocenters. The summed E-state index contributed by atoms with van der Waals surface area (Å²) in [4.78, 5) is 12.5. The molecule has 6 nitrogen and oxygen atoms in total. The van der Waals surface area contributed by atoms with E-state index >= 15 is 0 Å². The van der Waals surface area contributed by atoms with Crippen LogP contribution in [0.1, 0.15) is 24.2 Å². The van der Waals surface area contributed by atoms with Crippen LogP contribution < -0.4 is 15.8 Å². The van der Waals surface area contributed by atoms with Crippen LogP contribution in [-0.4, -0.2) is 27.8 Å². The summed E-state index contributed by atoms with van der Waals surface area (Å²) in [6.07, 6.45) is 1.68. The van der Waals surface area contributed by atoms with E-state index in [-0.39, 0.29) is 5.56 Å². The van der Waals surface area contributed by atoms with E-state index in [4.69, 9.17) is 10.5 Å². The number of nitrogens with one attached hydrogen (secondary N) is 1. The summed E-state index contributed by atoms with van der Waals surface area (Å²) in [7, 11) is 1.81. The highest BCUT2D eigenvalue weighted by molar-refractivity contribution is 9.10. The van der Waals surface area contributed by atoms with Gasteiger partial charge in [0.1, 0.15) is 18.2 Å². The number of ether oxygens (including phenoxy) is 1. The summed E-state index contributed by atoms with van der Waals surface area (Å²) in [5, 5.41) is 6.98. The molecule has 0 bridgehead atoms. The van der Waals surface area contributed by atoms with Crippen LogP contribution in [0.15, 0.2) is 53.1 Å². The number of hydrogen-bond donors (Lipinski definition) is 2. The molecule has 0 aliphatic rings. The first kappa shape index (κ1) is 21.0. The van der Waals surface area contributed by atoms with E-state index in [1.54, 1.807) is 42.2 Å². The fourth-order valence-electron chi connectivity index (χ4n) is 2.74. The summed E-state index contributed by atoms with van der Waals surface area (Å²) < 4.78 is 22.3. The molecule has 0 saturated heterocycles. The Morgan fingerprint density at radius 1 is 1.31 bits per heavy atom. The highest BCUT2D eigenvalue weighted by Gasteiger charge is 2.19. The van der Waals surface area contributed by atoms with Gasteiger partial charge in [-0.15, -0.1) is 0 Å². The third-order valence-electron chi connectivity index (χ3n) is 4.10. The lowest BCUT2D eigenvalue weighted by atomic mass is 10.1. The lowest BCUT2D eigenvalue weighted by Crippen LogP contribution is -2.38. The number of hydrogen-bond acceptors (Lipinski definition) is 4.